The van der Waals surface area contributed by atoms with Crippen molar-refractivity contribution in [1.82, 2.24) is 0 Å². The third-order valence-corrected chi connectivity index (χ3v) is 122. The summed E-state index contributed by atoms with van der Waals surface area (Å²) in [6.07, 6.45) is 6.26. The summed E-state index contributed by atoms with van der Waals surface area (Å²) in [5, 5.41) is 0. The normalized spacial score (nSPS) is 14.7. The van der Waals surface area contributed by atoms with Crippen LogP contribution < -0.4 is 0 Å². The molecule has 30 heteroatoms. The molecule has 0 saturated carbocycles. The summed E-state index contributed by atoms with van der Waals surface area (Å²) in [6, 6.07) is 7.49. The lowest BCUT2D eigenvalue weighted by Gasteiger charge is -2.63. The molecule has 0 bridgehead atoms. The fourth-order valence-corrected chi connectivity index (χ4v) is 156. The maximum atomic E-state index is 6.56. The quantitative estimate of drug-likeness (QED) is 0.0426. The van der Waals surface area contributed by atoms with Crippen LogP contribution in [-0.4, -0.2) is 365 Å². The average molecular weight is 1490 g/mol. The average Bonchev–Trinajstić information content (AvgIpc) is 0.708. The van der Waals surface area contributed by atoms with Crippen molar-refractivity contribution in [3.8, 4) is 0 Å². The van der Waals surface area contributed by atoms with Gasteiger partial charge in [0, 0.05) is 127 Å². The molecule has 2 radical (unpaired) electrons. The van der Waals surface area contributed by atoms with Gasteiger partial charge in [0.1, 0.15) is 0 Å². The van der Waals surface area contributed by atoms with E-state index >= 15 is 0 Å². The van der Waals surface area contributed by atoms with Crippen molar-refractivity contribution >= 4 is 45.1 Å². The van der Waals surface area contributed by atoms with Crippen molar-refractivity contribution in [3.05, 3.63) is 0 Å². The van der Waals surface area contributed by atoms with Crippen molar-refractivity contribution < 1.29 is 114 Å². The van der Waals surface area contributed by atoms with E-state index in [1.807, 2.05) is 0 Å². The van der Waals surface area contributed by atoms with Gasteiger partial charge in [0.15, 0.2) is 0 Å². The first kappa shape index (κ1) is 96.3. The molecule has 4 atom stereocenters. The smallest absolute Gasteiger partial charge is 0.0701 e. The van der Waals surface area contributed by atoms with E-state index in [9.17, 15) is 0 Å². The first-order chi connectivity index (χ1) is 47.0. The molecule has 0 fully saturated rings. The van der Waals surface area contributed by atoms with Crippen LogP contribution in [0.5, 0.6) is 0 Å². The topological polar surface area (TPSA) is 222 Å². The molecule has 24 nitrogen and oxygen atoms in total. The van der Waals surface area contributed by atoms with E-state index in [-0.39, 0.29) is 0 Å². The summed E-state index contributed by atoms with van der Waals surface area (Å²) in [4.78, 5) is 0. The molecule has 0 heterocycles. The monoisotopic (exact) mass is 1490 g/mol. The fourth-order valence-electron chi connectivity index (χ4n) is 11.9. The maximum Gasteiger partial charge on any atom is 0.0701 e. The molecule has 0 saturated heterocycles. The Balaban J connectivity index is 7.50. The zero-order chi connectivity index (χ0) is 70.3. The predicted octanol–water partition coefficient (Wildman–Crippen LogP) is 7.46. The summed E-state index contributed by atoms with van der Waals surface area (Å²) in [6.45, 7) is 41.4. The molecular formula is C66H144O24Si6. The highest BCUT2D eigenvalue weighted by atomic mass is 30.0. The van der Waals surface area contributed by atoms with Gasteiger partial charge in [0.2, 0.25) is 0 Å². The molecule has 0 aliphatic heterocycles. The number of methoxy groups -OCH3 is 6. The molecule has 0 amide bonds. The molecule has 0 rings (SSSR count). The first-order valence-electron chi connectivity index (χ1n) is 35.9. The van der Waals surface area contributed by atoms with Crippen LogP contribution in [0.15, 0.2) is 0 Å². The van der Waals surface area contributed by atoms with E-state index in [1.165, 1.54) is 36.3 Å². The van der Waals surface area contributed by atoms with Crippen molar-refractivity contribution in [2.75, 3.05) is 320 Å². The van der Waals surface area contributed by atoms with Gasteiger partial charge in [-0.1, -0.05) is 75.5 Å². The molecule has 4 unspecified atom stereocenters. The minimum absolute atomic E-state index is 0.528. The molecular weight excluding hydrogens is 1350 g/mol. The summed E-state index contributed by atoms with van der Waals surface area (Å²) < 4.78 is 139. The Hall–Kier alpha value is 0.341. The van der Waals surface area contributed by atoms with Crippen molar-refractivity contribution in [3.63, 3.8) is 0 Å². The van der Waals surface area contributed by atoms with Crippen LogP contribution in [0.4, 0.5) is 0 Å². The molecule has 0 aromatic rings. The molecule has 0 aromatic heterocycles. The van der Waals surface area contributed by atoms with Gasteiger partial charge in [-0.15, -0.1) is 0 Å². The Morgan fingerprint density at radius 1 is 0.177 bits per heavy atom. The van der Waals surface area contributed by atoms with E-state index in [0.717, 1.165) is 65.0 Å². The molecule has 0 aliphatic carbocycles. The van der Waals surface area contributed by atoms with E-state index < -0.39 is 45.1 Å². The highest BCUT2D eigenvalue weighted by Gasteiger charge is 2.66. The predicted molar refractivity (Wildman–Crippen MR) is 392 cm³/mol. The van der Waals surface area contributed by atoms with Crippen LogP contribution in [-0.2, 0) is 114 Å². The minimum Gasteiger partial charge on any atom is -0.382 e. The van der Waals surface area contributed by atoms with E-state index in [0.29, 0.717) is 251 Å². The van der Waals surface area contributed by atoms with Crippen LogP contribution in [0.3, 0.4) is 0 Å². The largest absolute Gasteiger partial charge is 0.382 e. The van der Waals surface area contributed by atoms with Gasteiger partial charge in [0.25, 0.3) is 0 Å². The van der Waals surface area contributed by atoms with Crippen LogP contribution >= 0.6 is 0 Å². The lowest BCUT2D eigenvalue weighted by atomic mass is 10.5. The standard InChI is InChI=1S/C66H144O24Si6/c1-67-25-31-79-49-55-85-43-37-73-19-13-61-91(7)93(9,63-15-21-75-39-45-87-57-51-81-33-27-69-3)95(11,65-17-23-77-41-47-89-59-53-83-35-29-71-5)96(12,66-18-24-78-42-48-90-60-54-84-36-30-72-6)94(10,64-16-22-76-40-46-88-58-52-82-34-28-70-4)92(8)62-14-20-74-38-44-86-56-50-80-32-26-68-2/h13-66H2,1-12H3. The minimum atomic E-state index is -2.26. The van der Waals surface area contributed by atoms with Crippen molar-refractivity contribution in [2.24, 2.45) is 0 Å². The Labute approximate surface area is 590 Å². The summed E-state index contributed by atoms with van der Waals surface area (Å²) in [7, 11) is -0.513. The van der Waals surface area contributed by atoms with Gasteiger partial charge < -0.3 is 114 Å². The summed E-state index contributed by atoms with van der Waals surface area (Å²) >= 11 is 0. The van der Waals surface area contributed by atoms with E-state index in [1.54, 1.807) is 42.7 Å². The highest BCUT2D eigenvalue weighted by molar-refractivity contribution is 7.95. The van der Waals surface area contributed by atoms with Crippen LogP contribution in [0.2, 0.25) is 75.5 Å². The Morgan fingerprint density at radius 2 is 0.312 bits per heavy atom. The second-order valence-electron chi connectivity index (χ2n) is 24.5. The second-order valence-corrected chi connectivity index (χ2v) is 78.9. The Morgan fingerprint density at radius 3 is 0.479 bits per heavy atom. The lowest BCUT2D eigenvalue weighted by Crippen LogP contribution is -2.87. The zero-order valence-corrected chi connectivity index (χ0v) is 69.0. The van der Waals surface area contributed by atoms with E-state index in [4.69, 9.17) is 114 Å². The maximum absolute atomic E-state index is 6.56. The van der Waals surface area contributed by atoms with Gasteiger partial charge in [-0.05, 0) is 38.5 Å². The van der Waals surface area contributed by atoms with Gasteiger partial charge in [0.05, 0.1) is 238 Å². The first-order valence-corrected chi connectivity index (χ1v) is 56.2. The molecule has 0 N–H and O–H groups in total. The SMILES string of the molecule is COCCOCCOCCOCCC[Si](C)[Si](C)(CCCOCCOCCOCCOC)[Si](C)(CCCOCCOCCOCCOC)[Si](C)(CCCOCCOCCOCCOC)[Si](C)(CCCOCCOCCOCCOC)[Si](C)CCCOCCOCCOCCOC. The highest BCUT2D eigenvalue weighted by Crippen LogP contribution is 2.48. The molecule has 0 spiro atoms. The third kappa shape index (κ3) is 50.7. The van der Waals surface area contributed by atoms with Gasteiger partial charge >= 0.3 is 0 Å². The van der Waals surface area contributed by atoms with Gasteiger partial charge in [-0.25, -0.2) is 0 Å². The molecule has 576 valence electrons. The number of rotatable bonds is 83. The molecule has 0 aliphatic rings. The Kier molecular flexibility index (Phi) is 72.6. The molecule has 0 aromatic carbocycles. The summed E-state index contributed by atoms with van der Waals surface area (Å²) in [5.41, 5.74) is 0. The van der Waals surface area contributed by atoms with Crippen LogP contribution in [0, 0.1) is 0 Å². The van der Waals surface area contributed by atoms with Crippen LogP contribution in [0.1, 0.15) is 38.5 Å². The second kappa shape index (κ2) is 72.3. The zero-order valence-electron chi connectivity index (χ0n) is 63.0. The van der Waals surface area contributed by atoms with Gasteiger partial charge in [-0.2, -0.15) is 0 Å². The number of hydrogen-bond acceptors (Lipinski definition) is 24. The number of hydrogen-bond donors (Lipinski definition) is 0. The van der Waals surface area contributed by atoms with E-state index in [2.05, 4.69) is 39.3 Å². The fraction of sp³-hybridized carbons (Fsp3) is 1.00. The number of ether oxygens (including phenoxy) is 24. The van der Waals surface area contributed by atoms with Crippen LogP contribution in [0.25, 0.3) is 0 Å². The van der Waals surface area contributed by atoms with Gasteiger partial charge in [-0.3, -0.25) is 0 Å². The van der Waals surface area contributed by atoms with Crippen molar-refractivity contribution in [1.29, 1.82) is 0 Å². The summed E-state index contributed by atoms with van der Waals surface area (Å²) in [5.74, 6) is 0. The molecule has 96 heavy (non-hydrogen) atoms. The third-order valence-electron chi connectivity index (χ3n) is 18.1. The lowest BCUT2D eigenvalue weighted by molar-refractivity contribution is 0.00370. The van der Waals surface area contributed by atoms with Crippen molar-refractivity contribution in [2.45, 2.75) is 114 Å². The Bertz CT molecular complexity index is 1460.